The molecule has 6 nitrogen and oxygen atoms in total. The van der Waals surface area contributed by atoms with E-state index >= 15 is 0 Å². The molecule has 6 heteroatoms. The molecule has 1 heterocycles. The number of carbonyl (C=O) groups is 1. The summed E-state index contributed by atoms with van der Waals surface area (Å²) in [4.78, 5) is 18.4. The van der Waals surface area contributed by atoms with E-state index in [1.165, 1.54) is 0 Å². The van der Waals surface area contributed by atoms with Gasteiger partial charge in [0.05, 0.1) is 6.54 Å². The Morgan fingerprint density at radius 2 is 2.23 bits per heavy atom. The molecule has 1 aliphatic rings. The molecule has 0 aliphatic carbocycles. The lowest BCUT2D eigenvalue weighted by Gasteiger charge is -2.19. The number of para-hydroxylation sites is 1. The Bertz CT molecular complexity index is 630. The highest BCUT2D eigenvalue weighted by Gasteiger charge is 2.25. The number of nitrogens with one attached hydrogen (secondary N) is 2. The maximum atomic E-state index is 11.8. The molecule has 2 N–H and O–H groups in total. The van der Waals surface area contributed by atoms with Crippen LogP contribution in [0.4, 0.5) is 0 Å². The minimum atomic E-state index is 0.213. The third-order valence-electron chi connectivity index (χ3n) is 4.27. The number of aliphatic imine (C=N–C) groups is 1. The van der Waals surface area contributed by atoms with E-state index in [9.17, 15) is 4.79 Å². The van der Waals surface area contributed by atoms with Crippen LogP contribution in [0.25, 0.3) is 0 Å². The first-order valence-electron chi connectivity index (χ1n) is 9.32. The highest BCUT2D eigenvalue weighted by atomic mass is 16.5. The predicted molar refractivity (Wildman–Crippen MR) is 105 cm³/mol. The largest absolute Gasteiger partial charge is 0.489 e. The number of guanidine groups is 1. The Morgan fingerprint density at radius 1 is 1.42 bits per heavy atom. The van der Waals surface area contributed by atoms with E-state index in [1.54, 1.807) is 6.08 Å². The van der Waals surface area contributed by atoms with Gasteiger partial charge in [-0.25, -0.2) is 4.99 Å². The topological polar surface area (TPSA) is 66.0 Å². The molecular formula is C20H30N4O2. The second-order valence-corrected chi connectivity index (χ2v) is 6.23. The Hall–Kier alpha value is -2.50. The normalized spacial score (nSPS) is 17.1. The van der Waals surface area contributed by atoms with Crippen molar-refractivity contribution in [2.75, 3.05) is 26.2 Å². The first kappa shape index (κ1) is 19.8. The van der Waals surface area contributed by atoms with Gasteiger partial charge in [0.25, 0.3) is 0 Å². The average molecular weight is 358 g/mol. The molecule has 1 aromatic rings. The molecular weight excluding hydrogens is 328 g/mol. The molecule has 1 aromatic carbocycles. The van der Waals surface area contributed by atoms with Crippen LogP contribution in [0, 0.1) is 0 Å². The third-order valence-corrected chi connectivity index (χ3v) is 4.27. The summed E-state index contributed by atoms with van der Waals surface area (Å²) in [6.45, 7) is 10.9. The number of carbonyl (C=O) groups excluding carboxylic acids is 1. The Labute approximate surface area is 156 Å². The van der Waals surface area contributed by atoms with E-state index in [1.807, 2.05) is 43.0 Å². The predicted octanol–water partition coefficient (Wildman–Crippen LogP) is 2.32. The number of rotatable bonds is 8. The summed E-state index contributed by atoms with van der Waals surface area (Å²) in [6.07, 6.45) is 3.23. The van der Waals surface area contributed by atoms with Crippen molar-refractivity contribution in [1.29, 1.82) is 0 Å². The maximum Gasteiger partial charge on any atom is 0.222 e. The van der Waals surface area contributed by atoms with Crippen LogP contribution in [-0.2, 0) is 11.3 Å². The lowest BCUT2D eigenvalue weighted by Crippen LogP contribution is -2.45. The molecule has 0 radical (unpaired) electrons. The Balaban J connectivity index is 1.99. The van der Waals surface area contributed by atoms with Crippen molar-refractivity contribution in [1.82, 2.24) is 15.5 Å². The highest BCUT2D eigenvalue weighted by molar-refractivity contribution is 5.80. The first-order valence-corrected chi connectivity index (χ1v) is 9.32. The highest BCUT2D eigenvalue weighted by Crippen LogP contribution is 2.19. The van der Waals surface area contributed by atoms with Gasteiger partial charge in [-0.05, 0) is 19.4 Å². The number of amides is 1. The molecule has 0 saturated carbocycles. The van der Waals surface area contributed by atoms with Gasteiger partial charge in [0.1, 0.15) is 12.4 Å². The van der Waals surface area contributed by atoms with Gasteiger partial charge in [0.15, 0.2) is 5.96 Å². The molecule has 0 spiro atoms. The van der Waals surface area contributed by atoms with Crippen LogP contribution in [0.2, 0.25) is 0 Å². The molecule has 2 rings (SSSR count). The van der Waals surface area contributed by atoms with Crippen LogP contribution in [0.3, 0.4) is 0 Å². The third kappa shape index (κ3) is 5.79. The molecule has 142 valence electrons. The van der Waals surface area contributed by atoms with E-state index in [2.05, 4.69) is 17.2 Å². The quantitative estimate of drug-likeness (QED) is 0.425. The Kier molecular flexibility index (Phi) is 7.99. The van der Waals surface area contributed by atoms with E-state index < -0.39 is 0 Å². The van der Waals surface area contributed by atoms with Gasteiger partial charge in [0, 0.05) is 37.7 Å². The number of benzene rings is 1. The number of nitrogens with zero attached hydrogens (tertiary/aromatic N) is 2. The molecule has 1 aliphatic heterocycles. The van der Waals surface area contributed by atoms with Crippen molar-refractivity contribution in [3.05, 3.63) is 42.5 Å². The summed E-state index contributed by atoms with van der Waals surface area (Å²) in [5.74, 6) is 1.80. The van der Waals surface area contributed by atoms with Crippen molar-refractivity contribution in [2.24, 2.45) is 4.99 Å². The lowest BCUT2D eigenvalue weighted by atomic mass is 10.2. The monoisotopic (exact) mass is 358 g/mol. The molecule has 26 heavy (non-hydrogen) atoms. The van der Waals surface area contributed by atoms with Crippen molar-refractivity contribution >= 4 is 11.9 Å². The van der Waals surface area contributed by atoms with Crippen molar-refractivity contribution in [2.45, 2.75) is 39.3 Å². The van der Waals surface area contributed by atoms with Gasteiger partial charge in [-0.1, -0.05) is 37.8 Å². The van der Waals surface area contributed by atoms with Gasteiger partial charge in [-0.15, -0.1) is 0 Å². The minimum absolute atomic E-state index is 0.213. The van der Waals surface area contributed by atoms with Crippen molar-refractivity contribution in [3.63, 3.8) is 0 Å². The standard InChI is InChI=1S/C20H30N4O2/c1-4-13-26-18-10-8-7-9-16(18)14-22-20(21-6-3)23-17-11-12-24(15-17)19(25)5-2/h4,7-10,17H,1,5-6,11-15H2,2-3H3,(H2,21,22,23). The van der Waals surface area contributed by atoms with E-state index in [0.29, 0.717) is 19.6 Å². The zero-order valence-corrected chi connectivity index (χ0v) is 15.8. The second-order valence-electron chi connectivity index (χ2n) is 6.23. The lowest BCUT2D eigenvalue weighted by molar-refractivity contribution is -0.129. The molecule has 1 atom stereocenters. The van der Waals surface area contributed by atoms with E-state index in [-0.39, 0.29) is 11.9 Å². The number of ether oxygens (including phenoxy) is 1. The number of hydrogen-bond acceptors (Lipinski definition) is 3. The zero-order chi connectivity index (χ0) is 18.8. The summed E-state index contributed by atoms with van der Waals surface area (Å²) in [5.41, 5.74) is 1.03. The summed E-state index contributed by atoms with van der Waals surface area (Å²) in [5, 5.41) is 6.73. The molecule has 0 bridgehead atoms. The summed E-state index contributed by atoms with van der Waals surface area (Å²) >= 11 is 0. The molecule has 1 saturated heterocycles. The van der Waals surface area contributed by atoms with Gasteiger partial charge in [-0.3, -0.25) is 4.79 Å². The maximum absolute atomic E-state index is 11.8. The van der Waals surface area contributed by atoms with Crippen LogP contribution in [0.1, 0.15) is 32.3 Å². The molecule has 1 amide bonds. The zero-order valence-electron chi connectivity index (χ0n) is 15.8. The number of hydrogen-bond donors (Lipinski definition) is 2. The van der Waals surface area contributed by atoms with Gasteiger partial charge >= 0.3 is 0 Å². The van der Waals surface area contributed by atoms with Gasteiger partial charge < -0.3 is 20.3 Å². The molecule has 1 fully saturated rings. The SMILES string of the molecule is C=CCOc1ccccc1CN=C(NCC)NC1CCN(C(=O)CC)C1. The first-order chi connectivity index (χ1) is 12.7. The summed E-state index contributed by atoms with van der Waals surface area (Å²) in [7, 11) is 0. The van der Waals surface area contributed by atoms with Crippen LogP contribution >= 0.6 is 0 Å². The van der Waals surface area contributed by atoms with E-state index in [4.69, 9.17) is 9.73 Å². The number of likely N-dealkylation sites (tertiary alicyclic amines) is 1. The van der Waals surface area contributed by atoms with Crippen LogP contribution in [0.15, 0.2) is 41.9 Å². The minimum Gasteiger partial charge on any atom is -0.489 e. The summed E-state index contributed by atoms with van der Waals surface area (Å²) in [6, 6.07) is 8.13. The van der Waals surface area contributed by atoms with Gasteiger partial charge in [0.2, 0.25) is 5.91 Å². The fourth-order valence-electron chi connectivity index (χ4n) is 2.93. The van der Waals surface area contributed by atoms with Crippen molar-refractivity contribution in [3.8, 4) is 5.75 Å². The fourth-order valence-corrected chi connectivity index (χ4v) is 2.93. The van der Waals surface area contributed by atoms with Crippen LogP contribution in [-0.4, -0.2) is 49.0 Å². The summed E-state index contributed by atoms with van der Waals surface area (Å²) < 4.78 is 5.69. The second kappa shape index (κ2) is 10.5. The average Bonchev–Trinajstić information content (AvgIpc) is 3.13. The van der Waals surface area contributed by atoms with Gasteiger partial charge in [-0.2, -0.15) is 0 Å². The fraction of sp³-hybridized carbons (Fsp3) is 0.500. The molecule has 0 aromatic heterocycles. The smallest absolute Gasteiger partial charge is 0.222 e. The van der Waals surface area contributed by atoms with Crippen molar-refractivity contribution < 1.29 is 9.53 Å². The van der Waals surface area contributed by atoms with E-state index in [0.717, 1.165) is 43.3 Å². The van der Waals surface area contributed by atoms with Crippen LogP contribution in [0.5, 0.6) is 5.75 Å². The molecule has 1 unspecified atom stereocenters. The van der Waals surface area contributed by atoms with Crippen LogP contribution < -0.4 is 15.4 Å². The Morgan fingerprint density at radius 3 is 2.96 bits per heavy atom.